The van der Waals surface area contributed by atoms with Gasteiger partial charge in [-0.25, -0.2) is 15.0 Å². The van der Waals surface area contributed by atoms with Crippen molar-refractivity contribution in [3.63, 3.8) is 0 Å². The van der Waals surface area contributed by atoms with Gasteiger partial charge in [-0.15, -0.1) is 0 Å². The molecule has 0 saturated carbocycles. The lowest BCUT2D eigenvalue weighted by molar-refractivity contribution is 0.299. The van der Waals surface area contributed by atoms with Crippen molar-refractivity contribution in [2.75, 3.05) is 0 Å². The summed E-state index contributed by atoms with van der Waals surface area (Å²) in [6.45, 7) is 9.54. The maximum atomic E-state index is 5.06. The van der Waals surface area contributed by atoms with Gasteiger partial charge in [0, 0.05) is 16.7 Å². The lowest BCUT2D eigenvalue weighted by Gasteiger charge is -2.48. The number of rotatable bonds is 5. The summed E-state index contributed by atoms with van der Waals surface area (Å²) in [5.74, 6) is 1.96. The quantitative estimate of drug-likeness (QED) is 0.192. The van der Waals surface area contributed by atoms with Crippen molar-refractivity contribution < 1.29 is 0 Å². The molecule has 0 amide bonds. The van der Waals surface area contributed by atoms with Gasteiger partial charge in [0.1, 0.15) is 0 Å². The molecule has 0 spiro atoms. The number of hydrogen-bond donors (Lipinski definition) is 0. The normalized spacial score (nSPS) is 14.2. The second-order valence-corrected chi connectivity index (χ2v) is 13.7. The van der Waals surface area contributed by atoms with Crippen molar-refractivity contribution in [3.8, 4) is 67.5 Å². The van der Waals surface area contributed by atoms with Gasteiger partial charge in [0.15, 0.2) is 17.5 Å². The molecule has 0 fully saturated rings. The first kappa shape index (κ1) is 29.7. The Morgan fingerprint density at radius 3 is 1.40 bits per heavy atom. The molecule has 1 aromatic heterocycles. The zero-order chi connectivity index (χ0) is 32.9. The van der Waals surface area contributed by atoms with Crippen LogP contribution in [0.4, 0.5) is 0 Å². The topological polar surface area (TPSA) is 38.7 Å². The van der Waals surface area contributed by atoms with Gasteiger partial charge in [0.05, 0.1) is 0 Å². The summed E-state index contributed by atoms with van der Waals surface area (Å²) in [5.41, 5.74) is 12.9. The van der Waals surface area contributed by atoms with Crippen molar-refractivity contribution in [2.45, 2.75) is 38.5 Å². The van der Waals surface area contributed by atoms with Gasteiger partial charge in [0.2, 0.25) is 0 Å². The van der Waals surface area contributed by atoms with Gasteiger partial charge in [-0.1, -0.05) is 173 Å². The zero-order valence-corrected chi connectivity index (χ0v) is 27.8. The fraction of sp³-hybridized carbons (Fsp3) is 0.133. The summed E-state index contributed by atoms with van der Waals surface area (Å²) in [4.78, 5) is 15.0. The summed E-state index contributed by atoms with van der Waals surface area (Å²) in [7, 11) is 0. The van der Waals surface area contributed by atoms with Crippen molar-refractivity contribution >= 4 is 0 Å². The molecule has 1 heterocycles. The second-order valence-electron chi connectivity index (χ2n) is 13.7. The van der Waals surface area contributed by atoms with E-state index in [2.05, 4.69) is 119 Å². The summed E-state index contributed by atoms with van der Waals surface area (Å²) < 4.78 is 0. The second kappa shape index (κ2) is 11.5. The largest absolute Gasteiger partial charge is 0.208 e. The van der Waals surface area contributed by atoms with Crippen LogP contribution in [0.2, 0.25) is 0 Å². The minimum Gasteiger partial charge on any atom is -0.208 e. The first-order valence-corrected chi connectivity index (χ1v) is 16.6. The van der Waals surface area contributed by atoms with Crippen LogP contribution in [0.5, 0.6) is 0 Å². The number of nitrogens with zero attached hydrogens (tertiary/aromatic N) is 3. The molecule has 0 N–H and O–H groups in total. The SMILES string of the molecule is CC1(C)c2ccccc2-c2c(-c3cccc(-c4ccccc4-c4nc(-c5ccccc5)nc(-c5ccccc5)n4)c3)cccc2C1(C)C. The number of fused-ring (bicyclic) bond motifs is 3. The molecule has 48 heavy (non-hydrogen) atoms. The molecule has 3 heteroatoms. The number of aromatic nitrogens is 3. The Balaban J connectivity index is 1.29. The third-order valence-electron chi connectivity index (χ3n) is 10.5. The van der Waals surface area contributed by atoms with Crippen LogP contribution in [-0.2, 0) is 10.8 Å². The van der Waals surface area contributed by atoms with Crippen LogP contribution in [0, 0.1) is 0 Å². The van der Waals surface area contributed by atoms with E-state index in [4.69, 9.17) is 15.0 Å². The highest BCUT2D eigenvalue weighted by atomic mass is 15.0. The monoisotopic (exact) mass is 619 g/mol. The van der Waals surface area contributed by atoms with E-state index in [0.717, 1.165) is 27.8 Å². The zero-order valence-electron chi connectivity index (χ0n) is 27.8. The highest BCUT2D eigenvalue weighted by Gasteiger charge is 2.46. The van der Waals surface area contributed by atoms with E-state index in [-0.39, 0.29) is 10.8 Å². The average molecular weight is 620 g/mol. The number of hydrogen-bond acceptors (Lipinski definition) is 3. The van der Waals surface area contributed by atoms with Crippen LogP contribution >= 0.6 is 0 Å². The lowest BCUT2D eigenvalue weighted by atomic mass is 9.55. The Kier molecular flexibility index (Phi) is 7.14. The van der Waals surface area contributed by atoms with E-state index in [1.54, 1.807) is 0 Å². The molecule has 6 aromatic carbocycles. The first-order valence-electron chi connectivity index (χ1n) is 16.6. The van der Waals surface area contributed by atoms with Gasteiger partial charge >= 0.3 is 0 Å². The van der Waals surface area contributed by atoms with Crippen LogP contribution < -0.4 is 0 Å². The van der Waals surface area contributed by atoms with Gasteiger partial charge < -0.3 is 0 Å². The molecule has 0 unspecified atom stereocenters. The molecular weight excluding hydrogens is 583 g/mol. The van der Waals surface area contributed by atoms with E-state index < -0.39 is 0 Å². The molecule has 232 valence electrons. The molecule has 7 aromatic rings. The smallest absolute Gasteiger partial charge is 0.164 e. The molecule has 0 saturated heterocycles. The van der Waals surface area contributed by atoms with E-state index >= 15 is 0 Å². The van der Waals surface area contributed by atoms with Gasteiger partial charge in [0.25, 0.3) is 0 Å². The van der Waals surface area contributed by atoms with Crippen LogP contribution in [0.15, 0.2) is 152 Å². The van der Waals surface area contributed by atoms with Crippen LogP contribution in [0.25, 0.3) is 67.5 Å². The van der Waals surface area contributed by atoms with Gasteiger partial charge in [-0.3, -0.25) is 0 Å². The Hall–Kier alpha value is -5.67. The maximum Gasteiger partial charge on any atom is 0.164 e. The van der Waals surface area contributed by atoms with Crippen molar-refractivity contribution in [2.24, 2.45) is 0 Å². The van der Waals surface area contributed by atoms with E-state index in [1.807, 2.05) is 60.7 Å². The van der Waals surface area contributed by atoms with E-state index in [9.17, 15) is 0 Å². The standard InChI is InChI=1S/C45H37N3/c1-44(2)38-27-14-13-25-37(38)40-35(26-16-28-39(40)45(44,3)4)33-22-15-21-32(29-33)34-23-11-12-24-36(34)43-47-41(30-17-7-5-8-18-30)46-42(48-43)31-19-9-6-10-20-31/h5-29H,1-4H3. The molecule has 0 aliphatic heterocycles. The van der Waals surface area contributed by atoms with Crippen LogP contribution in [0.1, 0.15) is 38.8 Å². The molecule has 0 radical (unpaired) electrons. The van der Waals surface area contributed by atoms with E-state index in [0.29, 0.717) is 17.5 Å². The number of benzene rings is 6. The Morgan fingerprint density at radius 1 is 0.333 bits per heavy atom. The Bertz CT molecular complexity index is 2230. The fourth-order valence-electron chi connectivity index (χ4n) is 7.24. The molecule has 3 nitrogen and oxygen atoms in total. The van der Waals surface area contributed by atoms with Crippen molar-refractivity contribution in [1.82, 2.24) is 15.0 Å². The predicted octanol–water partition coefficient (Wildman–Crippen LogP) is 11.4. The van der Waals surface area contributed by atoms with Crippen LogP contribution in [0.3, 0.4) is 0 Å². The Labute approximate surface area is 283 Å². The van der Waals surface area contributed by atoms with Gasteiger partial charge in [-0.2, -0.15) is 0 Å². The summed E-state index contributed by atoms with van der Waals surface area (Å²) in [6, 6.07) is 53.4. The summed E-state index contributed by atoms with van der Waals surface area (Å²) in [6.07, 6.45) is 0. The highest BCUT2D eigenvalue weighted by Crippen LogP contribution is 2.55. The minimum absolute atomic E-state index is 0.0161. The average Bonchev–Trinajstić information content (AvgIpc) is 3.14. The molecule has 1 aliphatic carbocycles. The Morgan fingerprint density at radius 2 is 0.750 bits per heavy atom. The minimum atomic E-state index is -0.0531. The van der Waals surface area contributed by atoms with Crippen LogP contribution in [-0.4, -0.2) is 15.0 Å². The predicted molar refractivity (Wildman–Crippen MR) is 198 cm³/mol. The molecule has 0 bridgehead atoms. The first-order chi connectivity index (χ1) is 23.3. The van der Waals surface area contributed by atoms with E-state index in [1.165, 1.54) is 33.4 Å². The summed E-state index contributed by atoms with van der Waals surface area (Å²) >= 11 is 0. The third-order valence-corrected chi connectivity index (χ3v) is 10.5. The van der Waals surface area contributed by atoms with Gasteiger partial charge in [-0.05, 0) is 61.4 Å². The molecule has 1 aliphatic rings. The molecular formula is C45H37N3. The fourth-order valence-corrected chi connectivity index (χ4v) is 7.24. The lowest BCUT2D eigenvalue weighted by Crippen LogP contribution is -2.43. The molecule has 0 atom stereocenters. The van der Waals surface area contributed by atoms with Crippen molar-refractivity contribution in [1.29, 1.82) is 0 Å². The summed E-state index contributed by atoms with van der Waals surface area (Å²) in [5, 5.41) is 0. The molecule has 8 rings (SSSR count). The maximum absolute atomic E-state index is 5.06. The third kappa shape index (κ3) is 4.86. The highest BCUT2D eigenvalue weighted by molar-refractivity contribution is 5.92. The van der Waals surface area contributed by atoms with Crippen molar-refractivity contribution in [3.05, 3.63) is 163 Å².